The van der Waals surface area contributed by atoms with Crippen molar-refractivity contribution in [3.63, 3.8) is 0 Å². The van der Waals surface area contributed by atoms with E-state index >= 15 is 0 Å². The van der Waals surface area contributed by atoms with E-state index in [0.29, 0.717) is 24.1 Å². The predicted molar refractivity (Wildman–Crippen MR) is 99.6 cm³/mol. The van der Waals surface area contributed by atoms with Gasteiger partial charge in [0.25, 0.3) is 6.47 Å². The zero-order chi connectivity index (χ0) is 22.6. The molecular formula is C21H19F6NO3. The molecule has 2 aromatic rings. The third-order valence-electron chi connectivity index (χ3n) is 5.25. The highest BCUT2D eigenvalue weighted by Gasteiger charge is 2.33. The third kappa shape index (κ3) is 5.69. The van der Waals surface area contributed by atoms with Crippen molar-refractivity contribution in [2.75, 3.05) is 18.1 Å². The van der Waals surface area contributed by atoms with E-state index in [1.54, 1.807) is 4.90 Å². The van der Waals surface area contributed by atoms with E-state index in [2.05, 4.69) is 9.47 Å². The number of piperidine rings is 1. The number of hydrogen-bond acceptors (Lipinski definition) is 4. The van der Waals surface area contributed by atoms with E-state index in [0.717, 1.165) is 18.2 Å². The van der Waals surface area contributed by atoms with Crippen molar-refractivity contribution in [1.82, 2.24) is 0 Å². The van der Waals surface area contributed by atoms with E-state index in [-0.39, 0.29) is 31.3 Å². The van der Waals surface area contributed by atoms with Gasteiger partial charge in [0.15, 0.2) is 11.6 Å². The molecule has 10 heteroatoms. The van der Waals surface area contributed by atoms with Crippen LogP contribution in [-0.2, 0) is 15.7 Å². The molecule has 1 heterocycles. The number of anilines is 1. The maximum Gasteiger partial charge on any atom is 0.416 e. The Hall–Kier alpha value is -2.75. The number of carbonyl (C=O) groups excluding carboxylic acids is 1. The second-order valence-electron chi connectivity index (χ2n) is 7.12. The summed E-state index contributed by atoms with van der Waals surface area (Å²) in [7, 11) is 0. The second-order valence-corrected chi connectivity index (χ2v) is 7.12. The number of rotatable bonds is 7. The minimum absolute atomic E-state index is 0.0822. The lowest BCUT2D eigenvalue weighted by Crippen LogP contribution is -2.45. The van der Waals surface area contributed by atoms with Crippen LogP contribution >= 0.6 is 0 Å². The second kappa shape index (κ2) is 9.59. The van der Waals surface area contributed by atoms with Gasteiger partial charge in [-0.05, 0) is 42.7 Å². The molecule has 2 aromatic carbocycles. The SMILES string of the molecule is O=COc1ccc(N2C[C@H](c3ccc(C(F)(F)F)cc3)CC[C@H]2COC(F)F)cc1F. The topological polar surface area (TPSA) is 38.8 Å². The quantitative estimate of drug-likeness (QED) is 0.423. The molecule has 0 aromatic heterocycles. The fraction of sp³-hybridized carbons (Fsp3) is 0.381. The molecule has 0 amide bonds. The molecule has 2 atom stereocenters. The Bertz CT molecular complexity index is 888. The minimum atomic E-state index is -4.45. The summed E-state index contributed by atoms with van der Waals surface area (Å²) >= 11 is 0. The van der Waals surface area contributed by atoms with Crippen LogP contribution in [0.25, 0.3) is 0 Å². The highest BCUT2D eigenvalue weighted by molar-refractivity contribution is 5.54. The number of carbonyl (C=O) groups is 1. The smallest absolute Gasteiger partial charge is 0.416 e. The summed E-state index contributed by atoms with van der Waals surface area (Å²) in [4.78, 5) is 12.1. The van der Waals surface area contributed by atoms with Crippen LogP contribution in [0, 0.1) is 5.82 Å². The van der Waals surface area contributed by atoms with Crippen molar-refractivity contribution < 1.29 is 40.6 Å². The molecule has 0 aliphatic carbocycles. The standard InChI is InChI=1S/C21H19F6NO3/c22-18-9-16(7-8-19(18)31-12-29)28-10-14(3-6-17(28)11-30-20(23)24)13-1-4-15(5-2-13)21(25,26)27/h1-2,4-5,7-9,12,14,17,20H,3,6,10-11H2/t14-,17+/m1/s1. The molecule has 0 bridgehead atoms. The first-order chi connectivity index (χ1) is 14.7. The van der Waals surface area contributed by atoms with Gasteiger partial charge in [0.2, 0.25) is 0 Å². The molecule has 0 saturated carbocycles. The zero-order valence-electron chi connectivity index (χ0n) is 16.1. The molecule has 4 nitrogen and oxygen atoms in total. The summed E-state index contributed by atoms with van der Waals surface area (Å²) in [5, 5.41) is 0. The fourth-order valence-electron chi connectivity index (χ4n) is 3.73. The maximum atomic E-state index is 14.2. The highest BCUT2D eigenvalue weighted by atomic mass is 19.4. The van der Waals surface area contributed by atoms with Gasteiger partial charge in [0.1, 0.15) is 0 Å². The Morgan fingerprint density at radius 3 is 2.39 bits per heavy atom. The van der Waals surface area contributed by atoms with Crippen molar-refractivity contribution in [2.24, 2.45) is 0 Å². The van der Waals surface area contributed by atoms with E-state index in [1.807, 2.05) is 0 Å². The molecule has 1 aliphatic heterocycles. The Morgan fingerprint density at radius 1 is 1.10 bits per heavy atom. The molecule has 1 aliphatic rings. The zero-order valence-corrected chi connectivity index (χ0v) is 16.1. The van der Waals surface area contributed by atoms with Crippen LogP contribution in [0.2, 0.25) is 0 Å². The lowest BCUT2D eigenvalue weighted by Gasteiger charge is -2.41. The van der Waals surface area contributed by atoms with Gasteiger partial charge in [-0.25, -0.2) is 4.39 Å². The summed E-state index contributed by atoms with van der Waals surface area (Å²) in [5.74, 6) is -1.29. The molecule has 1 fully saturated rings. The minimum Gasteiger partial charge on any atom is -0.426 e. The third-order valence-corrected chi connectivity index (χ3v) is 5.25. The van der Waals surface area contributed by atoms with Crippen molar-refractivity contribution in [2.45, 2.75) is 37.6 Å². The predicted octanol–water partition coefficient (Wildman–Crippen LogP) is 5.37. The molecular weight excluding hydrogens is 428 g/mol. The lowest BCUT2D eigenvalue weighted by atomic mass is 9.86. The molecule has 1 saturated heterocycles. The van der Waals surface area contributed by atoms with Crippen molar-refractivity contribution >= 4 is 12.2 Å². The number of hydrogen-bond donors (Lipinski definition) is 0. The van der Waals surface area contributed by atoms with Crippen LogP contribution < -0.4 is 9.64 Å². The van der Waals surface area contributed by atoms with Gasteiger partial charge in [-0.15, -0.1) is 0 Å². The van der Waals surface area contributed by atoms with Crippen LogP contribution in [0.3, 0.4) is 0 Å². The van der Waals surface area contributed by atoms with E-state index in [4.69, 9.17) is 0 Å². The summed E-state index contributed by atoms with van der Waals surface area (Å²) < 4.78 is 86.8. The van der Waals surface area contributed by atoms with Gasteiger partial charge in [0, 0.05) is 24.2 Å². The fourth-order valence-corrected chi connectivity index (χ4v) is 3.73. The Kier molecular flexibility index (Phi) is 7.09. The van der Waals surface area contributed by atoms with Crippen LogP contribution in [-0.4, -0.2) is 32.3 Å². The summed E-state index contributed by atoms with van der Waals surface area (Å²) in [6.45, 7) is -2.92. The normalized spacial score (nSPS) is 19.5. The first-order valence-electron chi connectivity index (χ1n) is 9.42. The van der Waals surface area contributed by atoms with Crippen LogP contribution in [0.5, 0.6) is 5.75 Å². The molecule has 168 valence electrons. The summed E-state index contributed by atoms with van der Waals surface area (Å²) in [6, 6.07) is 8.12. The lowest BCUT2D eigenvalue weighted by molar-refractivity contribution is -0.137. The van der Waals surface area contributed by atoms with Crippen LogP contribution in [0.15, 0.2) is 42.5 Å². The van der Waals surface area contributed by atoms with E-state index in [1.165, 1.54) is 24.3 Å². The van der Waals surface area contributed by atoms with E-state index < -0.39 is 30.2 Å². The molecule has 0 radical (unpaired) electrons. The molecule has 3 rings (SSSR count). The number of halogens is 6. The van der Waals surface area contributed by atoms with Crippen molar-refractivity contribution in [3.8, 4) is 5.75 Å². The van der Waals surface area contributed by atoms with Gasteiger partial charge in [-0.1, -0.05) is 12.1 Å². The molecule has 0 spiro atoms. The van der Waals surface area contributed by atoms with Gasteiger partial charge in [-0.3, -0.25) is 4.79 Å². The van der Waals surface area contributed by atoms with E-state index in [9.17, 15) is 31.1 Å². The average Bonchev–Trinajstić information content (AvgIpc) is 2.73. The number of alkyl halides is 5. The molecule has 31 heavy (non-hydrogen) atoms. The average molecular weight is 447 g/mol. The van der Waals surface area contributed by atoms with Crippen molar-refractivity contribution in [1.29, 1.82) is 0 Å². The Balaban J connectivity index is 1.84. The largest absolute Gasteiger partial charge is 0.426 e. The monoisotopic (exact) mass is 447 g/mol. The van der Waals surface area contributed by atoms with Crippen molar-refractivity contribution in [3.05, 3.63) is 59.4 Å². The summed E-state index contributed by atoms with van der Waals surface area (Å²) in [6.07, 6.45) is -3.50. The van der Waals surface area contributed by atoms with Gasteiger partial charge in [-0.2, -0.15) is 22.0 Å². The maximum absolute atomic E-state index is 14.2. The Morgan fingerprint density at radius 2 is 1.81 bits per heavy atom. The van der Waals surface area contributed by atoms with Crippen LogP contribution in [0.4, 0.5) is 32.0 Å². The van der Waals surface area contributed by atoms with Gasteiger partial charge < -0.3 is 14.4 Å². The molecule has 0 N–H and O–H groups in total. The number of ether oxygens (including phenoxy) is 2. The van der Waals surface area contributed by atoms with Gasteiger partial charge in [0.05, 0.1) is 18.2 Å². The number of benzene rings is 2. The number of nitrogens with zero attached hydrogens (tertiary/aromatic N) is 1. The first kappa shape index (κ1) is 22.9. The highest BCUT2D eigenvalue weighted by Crippen LogP contribution is 2.36. The van der Waals surface area contributed by atoms with Crippen LogP contribution in [0.1, 0.15) is 29.9 Å². The summed E-state index contributed by atoms with van der Waals surface area (Å²) in [5.41, 5.74) is 0.253. The first-order valence-corrected chi connectivity index (χ1v) is 9.42. The molecule has 0 unspecified atom stereocenters. The Labute approximate surface area is 174 Å². The van der Waals surface area contributed by atoms with Gasteiger partial charge >= 0.3 is 12.8 Å².